The highest BCUT2D eigenvalue weighted by Crippen LogP contribution is 2.21. The molecule has 0 spiro atoms. The molecule has 0 bridgehead atoms. The quantitative estimate of drug-likeness (QED) is 0.876. The Hall–Kier alpha value is -2.30. The van der Waals surface area contributed by atoms with Gasteiger partial charge in [-0.2, -0.15) is 5.10 Å². The van der Waals surface area contributed by atoms with E-state index in [1.807, 2.05) is 18.3 Å². The molecule has 5 heteroatoms. The number of amides is 1. The lowest BCUT2D eigenvalue weighted by Crippen LogP contribution is -2.23. The highest BCUT2D eigenvalue weighted by molar-refractivity contribution is 5.75. The predicted molar refractivity (Wildman–Crippen MR) is 79.5 cm³/mol. The van der Waals surface area contributed by atoms with Crippen molar-refractivity contribution < 1.29 is 4.79 Å². The molecule has 2 N–H and O–H groups in total. The molecule has 0 saturated heterocycles. The molecule has 5 nitrogen and oxygen atoms in total. The van der Waals surface area contributed by atoms with E-state index in [0.717, 1.165) is 5.69 Å². The number of aromatic nitrogens is 2. The van der Waals surface area contributed by atoms with E-state index in [4.69, 9.17) is 0 Å². The van der Waals surface area contributed by atoms with E-state index in [0.29, 0.717) is 0 Å². The lowest BCUT2D eigenvalue weighted by Gasteiger charge is -2.16. The van der Waals surface area contributed by atoms with Gasteiger partial charge in [-0.1, -0.05) is 24.3 Å². The summed E-state index contributed by atoms with van der Waals surface area (Å²) >= 11 is 0. The van der Waals surface area contributed by atoms with Gasteiger partial charge < -0.3 is 10.6 Å². The van der Waals surface area contributed by atoms with Crippen LogP contribution in [0.4, 0.5) is 5.69 Å². The van der Waals surface area contributed by atoms with Crippen molar-refractivity contribution in [3.63, 3.8) is 0 Å². The molecule has 0 fully saturated rings. The average Bonchev–Trinajstić information content (AvgIpc) is 2.86. The second kappa shape index (κ2) is 6.23. The first-order valence-corrected chi connectivity index (χ1v) is 6.65. The SMILES string of the molecule is CNC(=O)Cn1cc(NC(C)c2ccccc2C)cn1. The second-order valence-corrected chi connectivity index (χ2v) is 4.82. The molecule has 1 amide bonds. The minimum atomic E-state index is -0.0633. The Kier molecular flexibility index (Phi) is 4.40. The zero-order chi connectivity index (χ0) is 14.5. The summed E-state index contributed by atoms with van der Waals surface area (Å²) in [6.45, 7) is 4.44. The topological polar surface area (TPSA) is 59.0 Å². The summed E-state index contributed by atoms with van der Waals surface area (Å²) in [7, 11) is 1.62. The van der Waals surface area contributed by atoms with Crippen LogP contribution in [0.15, 0.2) is 36.7 Å². The Balaban J connectivity index is 2.03. The molecule has 0 aliphatic heterocycles. The number of aryl methyl sites for hydroxylation is 1. The highest BCUT2D eigenvalue weighted by atomic mass is 16.1. The third-order valence-corrected chi connectivity index (χ3v) is 3.26. The molecule has 0 radical (unpaired) electrons. The van der Waals surface area contributed by atoms with Crippen LogP contribution in [0.25, 0.3) is 0 Å². The maximum atomic E-state index is 11.3. The number of rotatable bonds is 5. The van der Waals surface area contributed by atoms with Crippen LogP contribution in [0, 0.1) is 6.92 Å². The number of carbonyl (C=O) groups is 1. The summed E-state index contributed by atoms with van der Waals surface area (Å²) in [4.78, 5) is 11.3. The zero-order valence-corrected chi connectivity index (χ0v) is 12.1. The third-order valence-electron chi connectivity index (χ3n) is 3.26. The molecule has 1 aromatic carbocycles. The van der Waals surface area contributed by atoms with E-state index in [2.05, 4.69) is 41.7 Å². The van der Waals surface area contributed by atoms with Crippen molar-refractivity contribution >= 4 is 11.6 Å². The standard InChI is InChI=1S/C15H20N4O/c1-11-6-4-5-7-14(11)12(2)18-13-8-17-19(9-13)10-15(20)16-3/h4-9,12,18H,10H2,1-3H3,(H,16,20). The molecule has 1 aromatic heterocycles. The van der Waals surface area contributed by atoms with Gasteiger partial charge in [-0.05, 0) is 25.0 Å². The van der Waals surface area contributed by atoms with Crippen LogP contribution < -0.4 is 10.6 Å². The van der Waals surface area contributed by atoms with E-state index in [-0.39, 0.29) is 18.5 Å². The molecule has 1 atom stereocenters. The van der Waals surface area contributed by atoms with Gasteiger partial charge in [0.1, 0.15) is 6.54 Å². The molecule has 1 heterocycles. The first-order chi connectivity index (χ1) is 9.60. The van der Waals surface area contributed by atoms with Gasteiger partial charge in [0.25, 0.3) is 0 Å². The van der Waals surface area contributed by atoms with E-state index in [9.17, 15) is 4.79 Å². The van der Waals surface area contributed by atoms with Crippen LogP contribution in [-0.4, -0.2) is 22.7 Å². The number of hydrogen-bond acceptors (Lipinski definition) is 3. The van der Waals surface area contributed by atoms with Gasteiger partial charge in [0.2, 0.25) is 5.91 Å². The smallest absolute Gasteiger partial charge is 0.241 e. The van der Waals surface area contributed by atoms with Crippen molar-refractivity contribution in [2.24, 2.45) is 0 Å². The van der Waals surface area contributed by atoms with Crippen molar-refractivity contribution in [2.45, 2.75) is 26.4 Å². The fraction of sp³-hybridized carbons (Fsp3) is 0.333. The first-order valence-electron chi connectivity index (χ1n) is 6.65. The maximum absolute atomic E-state index is 11.3. The number of likely N-dealkylation sites (N-methyl/N-ethyl adjacent to an activating group) is 1. The van der Waals surface area contributed by atoms with Gasteiger partial charge in [0.05, 0.1) is 11.9 Å². The van der Waals surface area contributed by atoms with Crippen LogP contribution >= 0.6 is 0 Å². The summed E-state index contributed by atoms with van der Waals surface area (Å²) in [5.74, 6) is -0.0633. The van der Waals surface area contributed by atoms with Crippen molar-refractivity contribution in [1.29, 1.82) is 0 Å². The minimum Gasteiger partial charge on any atom is -0.376 e. The highest BCUT2D eigenvalue weighted by Gasteiger charge is 2.09. The summed E-state index contributed by atoms with van der Waals surface area (Å²) in [5.41, 5.74) is 3.42. The fourth-order valence-electron chi connectivity index (χ4n) is 2.15. The van der Waals surface area contributed by atoms with Gasteiger partial charge in [-0.3, -0.25) is 9.48 Å². The second-order valence-electron chi connectivity index (χ2n) is 4.82. The van der Waals surface area contributed by atoms with E-state index in [1.54, 1.807) is 17.9 Å². The van der Waals surface area contributed by atoms with E-state index >= 15 is 0 Å². The van der Waals surface area contributed by atoms with Crippen molar-refractivity contribution in [3.8, 4) is 0 Å². The Labute approximate surface area is 119 Å². The minimum absolute atomic E-state index is 0.0633. The summed E-state index contributed by atoms with van der Waals surface area (Å²) in [5, 5.41) is 10.1. The van der Waals surface area contributed by atoms with E-state index in [1.165, 1.54) is 11.1 Å². The Bertz CT molecular complexity index is 591. The fourth-order valence-corrected chi connectivity index (χ4v) is 2.15. The molecule has 1 unspecified atom stereocenters. The predicted octanol–water partition coefficient (Wildman–Crippen LogP) is 2.11. The summed E-state index contributed by atoms with van der Waals surface area (Å²) in [6.07, 6.45) is 3.57. The molecule has 0 aliphatic rings. The zero-order valence-electron chi connectivity index (χ0n) is 12.1. The lowest BCUT2D eigenvalue weighted by molar-refractivity contribution is -0.121. The number of benzene rings is 1. The molecule has 0 aliphatic carbocycles. The monoisotopic (exact) mass is 272 g/mol. The third kappa shape index (κ3) is 3.38. The van der Waals surface area contributed by atoms with Gasteiger partial charge in [-0.15, -0.1) is 0 Å². The number of carbonyl (C=O) groups excluding carboxylic acids is 1. The normalized spacial score (nSPS) is 11.9. The van der Waals surface area contributed by atoms with Crippen LogP contribution in [0.5, 0.6) is 0 Å². The summed E-state index contributed by atoms with van der Waals surface area (Å²) in [6, 6.07) is 8.47. The molecule has 20 heavy (non-hydrogen) atoms. The average molecular weight is 272 g/mol. The van der Waals surface area contributed by atoms with Gasteiger partial charge in [0, 0.05) is 19.3 Å². The molecular weight excluding hydrogens is 252 g/mol. The molecule has 106 valence electrons. The molecular formula is C15H20N4O. The number of nitrogens with one attached hydrogen (secondary N) is 2. The Morgan fingerprint density at radius 3 is 2.85 bits per heavy atom. The molecule has 2 aromatic rings. The number of anilines is 1. The van der Waals surface area contributed by atoms with Gasteiger partial charge in [-0.25, -0.2) is 0 Å². The lowest BCUT2D eigenvalue weighted by atomic mass is 10.0. The number of nitrogens with zero attached hydrogens (tertiary/aromatic N) is 2. The Morgan fingerprint density at radius 2 is 2.15 bits per heavy atom. The maximum Gasteiger partial charge on any atom is 0.241 e. The molecule has 2 rings (SSSR count). The van der Waals surface area contributed by atoms with Gasteiger partial charge in [0.15, 0.2) is 0 Å². The van der Waals surface area contributed by atoms with Crippen LogP contribution in [0.3, 0.4) is 0 Å². The van der Waals surface area contributed by atoms with Crippen LogP contribution in [-0.2, 0) is 11.3 Å². The van der Waals surface area contributed by atoms with Crippen molar-refractivity contribution in [1.82, 2.24) is 15.1 Å². The largest absolute Gasteiger partial charge is 0.376 e. The van der Waals surface area contributed by atoms with Gasteiger partial charge >= 0.3 is 0 Å². The van der Waals surface area contributed by atoms with E-state index < -0.39 is 0 Å². The molecule has 0 saturated carbocycles. The van der Waals surface area contributed by atoms with Crippen molar-refractivity contribution in [2.75, 3.05) is 12.4 Å². The first kappa shape index (κ1) is 14.1. The summed E-state index contributed by atoms with van der Waals surface area (Å²) < 4.78 is 1.62. The van der Waals surface area contributed by atoms with Crippen LogP contribution in [0.1, 0.15) is 24.1 Å². The Morgan fingerprint density at radius 1 is 1.40 bits per heavy atom. The van der Waals surface area contributed by atoms with Crippen molar-refractivity contribution in [3.05, 3.63) is 47.8 Å². The van der Waals surface area contributed by atoms with Crippen LogP contribution in [0.2, 0.25) is 0 Å². The number of hydrogen-bond donors (Lipinski definition) is 2.